The molecule has 0 aromatic heterocycles. The number of carboxylic acids is 1. The molecular weight excluding hydrogens is 532 g/mol. The van der Waals surface area contributed by atoms with Crippen molar-refractivity contribution in [1.29, 1.82) is 0 Å². The Morgan fingerprint density at radius 1 is 0.929 bits per heavy atom. The van der Waals surface area contributed by atoms with Crippen LogP contribution in [0.1, 0.15) is 52.6 Å². The van der Waals surface area contributed by atoms with Crippen molar-refractivity contribution in [3.8, 4) is 28.7 Å². The number of hydrogen-bond donors (Lipinski definition) is 1. The Labute approximate surface area is 244 Å². The maximum atomic E-state index is 13.2. The third-order valence-corrected chi connectivity index (χ3v) is 7.68. The Balaban J connectivity index is 1.57. The van der Waals surface area contributed by atoms with Crippen LogP contribution in [-0.4, -0.2) is 31.6 Å². The monoisotopic (exact) mass is 564 g/mol. The minimum Gasteiger partial charge on any atom is -0.497 e. The van der Waals surface area contributed by atoms with Crippen LogP contribution in [0.5, 0.6) is 28.7 Å². The first-order valence-corrected chi connectivity index (χ1v) is 14.0. The van der Waals surface area contributed by atoms with Crippen LogP contribution in [-0.2, 0) is 11.4 Å². The van der Waals surface area contributed by atoms with Crippen LogP contribution < -0.4 is 23.7 Å². The number of carboxylic acid groups (broad SMARTS) is 1. The molecule has 4 aromatic rings. The average molecular weight is 565 g/mol. The molecule has 214 valence electrons. The predicted octanol–water partition coefficient (Wildman–Crippen LogP) is 7.13. The van der Waals surface area contributed by atoms with Gasteiger partial charge in [-0.1, -0.05) is 49.4 Å². The zero-order valence-corrected chi connectivity index (χ0v) is 23.8. The van der Waals surface area contributed by atoms with E-state index in [1.165, 1.54) is 0 Å². The summed E-state index contributed by atoms with van der Waals surface area (Å²) >= 11 is 0. The van der Waals surface area contributed by atoms with E-state index >= 15 is 0 Å². The fraction of sp³-hybridized carbons (Fsp3) is 0.229. The van der Waals surface area contributed by atoms with Crippen molar-refractivity contribution in [2.45, 2.75) is 32.8 Å². The molecular formula is C35H32O7. The van der Waals surface area contributed by atoms with Gasteiger partial charge >= 0.3 is 5.97 Å². The van der Waals surface area contributed by atoms with Gasteiger partial charge in [0.1, 0.15) is 23.9 Å². The van der Waals surface area contributed by atoms with E-state index in [2.05, 4.69) is 6.92 Å². The number of hydrogen-bond acceptors (Lipinski definition) is 6. The third kappa shape index (κ3) is 4.91. The smallest absolute Gasteiger partial charge is 0.333 e. The van der Waals surface area contributed by atoms with Gasteiger partial charge in [0.15, 0.2) is 11.5 Å². The van der Waals surface area contributed by atoms with Crippen LogP contribution in [0.25, 0.3) is 5.57 Å². The van der Waals surface area contributed by atoms with Crippen molar-refractivity contribution >= 4 is 11.5 Å². The van der Waals surface area contributed by atoms with Crippen molar-refractivity contribution in [1.82, 2.24) is 0 Å². The summed E-state index contributed by atoms with van der Waals surface area (Å²) in [5.41, 5.74) is 5.92. The first kappa shape index (κ1) is 27.3. The highest BCUT2D eigenvalue weighted by Gasteiger charge is 2.40. The highest BCUT2D eigenvalue weighted by molar-refractivity contribution is 6.08. The van der Waals surface area contributed by atoms with Crippen LogP contribution in [0.4, 0.5) is 0 Å². The largest absolute Gasteiger partial charge is 0.497 e. The lowest BCUT2D eigenvalue weighted by Gasteiger charge is -2.18. The summed E-state index contributed by atoms with van der Waals surface area (Å²) in [6.07, 6.45) is 0.857. The van der Waals surface area contributed by atoms with Gasteiger partial charge in [-0.25, -0.2) is 4.79 Å². The molecule has 1 N–H and O–H groups in total. The maximum Gasteiger partial charge on any atom is 0.333 e. The molecule has 1 unspecified atom stereocenters. The lowest BCUT2D eigenvalue weighted by molar-refractivity contribution is -0.132. The lowest BCUT2D eigenvalue weighted by Crippen LogP contribution is -2.10. The number of carbonyl (C=O) groups is 1. The fourth-order valence-electron chi connectivity index (χ4n) is 5.73. The summed E-state index contributed by atoms with van der Waals surface area (Å²) in [6, 6.07) is 24.9. The van der Waals surface area contributed by atoms with E-state index in [1.807, 2.05) is 85.8 Å². The topological polar surface area (TPSA) is 83.5 Å². The Kier molecular flexibility index (Phi) is 7.48. The molecule has 1 aliphatic carbocycles. The molecule has 0 saturated heterocycles. The summed E-state index contributed by atoms with van der Waals surface area (Å²) in [6.45, 7) is 5.05. The van der Waals surface area contributed by atoms with Crippen LogP contribution >= 0.6 is 0 Å². The summed E-state index contributed by atoms with van der Waals surface area (Å²) in [5.74, 6) is 1.55. The van der Waals surface area contributed by atoms with Gasteiger partial charge < -0.3 is 28.8 Å². The molecule has 42 heavy (non-hydrogen) atoms. The molecule has 6 rings (SSSR count). The van der Waals surface area contributed by atoms with E-state index in [-0.39, 0.29) is 12.4 Å². The van der Waals surface area contributed by atoms with Crippen LogP contribution in [0.2, 0.25) is 0 Å². The van der Waals surface area contributed by atoms with Gasteiger partial charge in [0, 0.05) is 23.1 Å². The summed E-state index contributed by atoms with van der Waals surface area (Å²) in [7, 11) is 1.60. The molecule has 1 heterocycles. The summed E-state index contributed by atoms with van der Waals surface area (Å²) in [4.78, 5) is 13.2. The van der Waals surface area contributed by atoms with E-state index in [0.29, 0.717) is 47.3 Å². The van der Waals surface area contributed by atoms with E-state index in [4.69, 9.17) is 23.7 Å². The Morgan fingerprint density at radius 3 is 2.50 bits per heavy atom. The van der Waals surface area contributed by atoms with E-state index < -0.39 is 11.9 Å². The van der Waals surface area contributed by atoms with Crippen LogP contribution in [0.15, 0.2) is 84.4 Å². The molecule has 0 saturated carbocycles. The predicted molar refractivity (Wildman–Crippen MR) is 159 cm³/mol. The molecule has 0 amide bonds. The minimum atomic E-state index is -1.01. The number of methoxy groups -OCH3 is 1. The van der Waals surface area contributed by atoms with Gasteiger partial charge in [0.2, 0.25) is 6.79 Å². The second kappa shape index (κ2) is 11.5. The lowest BCUT2D eigenvalue weighted by atomic mass is 9.87. The third-order valence-electron chi connectivity index (χ3n) is 7.68. The fourth-order valence-corrected chi connectivity index (χ4v) is 5.73. The number of benzene rings is 4. The zero-order valence-electron chi connectivity index (χ0n) is 23.8. The molecule has 4 aromatic carbocycles. The van der Waals surface area contributed by atoms with Crippen molar-refractivity contribution in [2.24, 2.45) is 0 Å². The molecule has 0 radical (unpaired) electrons. The standard InChI is InChI=1S/C35H32O7/c1-4-16-39-27-15-13-26-31(21(27)2)33(34(35(36)37)32(26)23-10-14-28-30(17-23)42-20-41-28)25-12-11-24(38-3)18-29(25)40-19-22-8-6-5-7-9-22/h5-15,17-18,32H,4,16,19-20H2,1-3H3,(H,36,37). The van der Waals surface area contributed by atoms with Crippen LogP contribution in [0, 0.1) is 6.92 Å². The van der Waals surface area contributed by atoms with Gasteiger partial charge in [-0.05, 0) is 71.5 Å². The Morgan fingerprint density at radius 2 is 1.74 bits per heavy atom. The van der Waals surface area contributed by atoms with Crippen molar-refractivity contribution < 1.29 is 33.6 Å². The first-order valence-electron chi connectivity index (χ1n) is 14.0. The highest BCUT2D eigenvalue weighted by atomic mass is 16.7. The summed E-state index contributed by atoms with van der Waals surface area (Å²) in [5, 5.41) is 10.8. The molecule has 0 spiro atoms. The molecule has 1 atom stereocenters. The average Bonchev–Trinajstić information content (AvgIpc) is 3.63. The van der Waals surface area contributed by atoms with Gasteiger partial charge in [-0.3, -0.25) is 0 Å². The van der Waals surface area contributed by atoms with Gasteiger partial charge in [-0.2, -0.15) is 0 Å². The molecule has 0 bridgehead atoms. The molecule has 2 aliphatic rings. The van der Waals surface area contributed by atoms with Gasteiger partial charge in [-0.15, -0.1) is 0 Å². The second-order valence-electron chi connectivity index (χ2n) is 10.3. The number of rotatable bonds is 10. The molecule has 0 fully saturated rings. The minimum absolute atomic E-state index is 0.137. The van der Waals surface area contributed by atoms with Gasteiger partial charge in [0.05, 0.1) is 19.3 Å². The maximum absolute atomic E-state index is 13.2. The SMILES string of the molecule is CCCOc1ccc2c(c1C)C(c1ccc(OC)cc1OCc1ccccc1)=C(C(=O)O)C2c1ccc2c(c1)OCO2. The van der Waals surface area contributed by atoms with Crippen LogP contribution in [0.3, 0.4) is 0 Å². The van der Waals surface area contributed by atoms with Crippen molar-refractivity contribution in [3.63, 3.8) is 0 Å². The molecule has 7 heteroatoms. The second-order valence-corrected chi connectivity index (χ2v) is 10.3. The Bertz CT molecular complexity index is 1670. The highest BCUT2D eigenvalue weighted by Crippen LogP contribution is 2.53. The molecule has 1 aliphatic heterocycles. The number of fused-ring (bicyclic) bond motifs is 2. The first-order chi connectivity index (χ1) is 20.5. The Hall–Kier alpha value is -4.91. The number of aliphatic carboxylic acids is 1. The summed E-state index contributed by atoms with van der Waals surface area (Å²) < 4.78 is 29.2. The van der Waals surface area contributed by atoms with E-state index in [9.17, 15) is 9.90 Å². The molecule has 7 nitrogen and oxygen atoms in total. The zero-order chi connectivity index (χ0) is 29.2. The van der Waals surface area contributed by atoms with E-state index in [0.717, 1.165) is 40.0 Å². The quantitative estimate of drug-likeness (QED) is 0.219. The van der Waals surface area contributed by atoms with Gasteiger partial charge in [0.25, 0.3) is 0 Å². The van der Waals surface area contributed by atoms with Crippen molar-refractivity contribution in [2.75, 3.05) is 20.5 Å². The normalized spacial score (nSPS) is 15.0. The van der Waals surface area contributed by atoms with Crippen molar-refractivity contribution in [3.05, 3.63) is 118 Å². The number of ether oxygens (including phenoxy) is 5. The van der Waals surface area contributed by atoms with E-state index in [1.54, 1.807) is 7.11 Å².